The van der Waals surface area contributed by atoms with Crippen molar-refractivity contribution in [2.45, 2.75) is 66.1 Å². The Morgan fingerprint density at radius 3 is 2.04 bits per heavy atom. The van der Waals surface area contributed by atoms with Gasteiger partial charge in [-0.1, -0.05) is 78.0 Å². The summed E-state index contributed by atoms with van der Waals surface area (Å²) in [4.78, 5) is 14.0. The fraction of sp³-hybridized carbons (Fsp3) is 0.476. The highest BCUT2D eigenvalue weighted by molar-refractivity contribution is 7.20. The van der Waals surface area contributed by atoms with E-state index in [4.69, 9.17) is 0 Å². The van der Waals surface area contributed by atoms with Crippen LogP contribution in [0.5, 0.6) is 0 Å². The van der Waals surface area contributed by atoms with E-state index in [0.29, 0.717) is 0 Å². The second-order valence-corrected chi connectivity index (χ2v) is 5.42. The number of hydrogen-bond acceptors (Lipinski definition) is 1. The van der Waals surface area contributed by atoms with E-state index >= 15 is 0 Å². The van der Waals surface area contributed by atoms with Gasteiger partial charge in [0.1, 0.15) is 0 Å². The predicted molar refractivity (Wildman–Crippen MR) is 112 cm³/mol. The normalized spacial score (nSPS) is 20.9. The molecule has 1 aliphatic carbocycles. The summed E-state index contributed by atoms with van der Waals surface area (Å²) >= 11 is 0. The number of benzene rings is 1. The van der Waals surface area contributed by atoms with Crippen molar-refractivity contribution in [2.75, 3.05) is 4.90 Å². The molecule has 1 amide bonds. The van der Waals surface area contributed by atoms with Crippen LogP contribution in [-0.4, -0.2) is 17.6 Å². The van der Waals surface area contributed by atoms with E-state index < -0.39 is 0 Å². The van der Waals surface area contributed by atoms with Crippen LogP contribution in [0.2, 0.25) is 0 Å². The Morgan fingerprint density at radius 1 is 0.958 bits per heavy atom. The van der Waals surface area contributed by atoms with Crippen molar-refractivity contribution in [3.8, 4) is 0 Å². The van der Waals surface area contributed by atoms with Crippen molar-refractivity contribution in [2.24, 2.45) is 0 Å². The summed E-state index contributed by atoms with van der Waals surface area (Å²) in [5.74, 6) is 0.191. The van der Waals surface area contributed by atoms with Crippen molar-refractivity contribution in [1.29, 1.82) is 0 Å². The van der Waals surface area contributed by atoms with E-state index in [1.165, 1.54) is 5.57 Å². The summed E-state index contributed by atoms with van der Waals surface area (Å²) in [6.45, 7) is 12.0. The van der Waals surface area contributed by atoms with Gasteiger partial charge in [0.05, 0.1) is 11.7 Å². The number of nitrogens with zero attached hydrogens (tertiary/aromatic N) is 1. The molecule has 1 aromatic rings. The number of hydrogen-bond donors (Lipinski definition) is 0. The molecule has 0 N–H and O–H groups in total. The van der Waals surface area contributed by atoms with Crippen molar-refractivity contribution < 1.29 is 4.79 Å². The van der Waals surface area contributed by atoms with Gasteiger partial charge in [-0.3, -0.25) is 4.79 Å². The highest BCUT2D eigenvalue weighted by atomic mass is 31.0. The van der Waals surface area contributed by atoms with Crippen LogP contribution in [0.15, 0.2) is 54.1 Å². The number of para-hydroxylation sites is 1. The number of carbonyl (C=O) groups excluding carboxylic acids is 1. The standard InChI is InChI=1S/C15H16NOP.3C2H6/c17-15-14(18)13(11-7-3-1-4-8-11)16(15)12-9-5-2-6-10-12;3*1-2/h2-3,5-10,13-14H,1,4,18H2;3*1-2H3. The summed E-state index contributed by atoms with van der Waals surface area (Å²) in [6.07, 6.45) is 8.80. The first-order valence-electron chi connectivity index (χ1n) is 9.29. The minimum absolute atomic E-state index is 0.0132. The van der Waals surface area contributed by atoms with Crippen LogP contribution in [-0.2, 0) is 4.79 Å². The Bertz CT molecular complexity index is 522. The third-order valence-corrected chi connectivity index (χ3v) is 4.19. The molecule has 0 bridgehead atoms. The van der Waals surface area contributed by atoms with Gasteiger partial charge in [0.15, 0.2) is 0 Å². The van der Waals surface area contributed by atoms with Crippen LogP contribution in [0.4, 0.5) is 5.69 Å². The molecule has 0 saturated carbocycles. The van der Waals surface area contributed by atoms with Gasteiger partial charge < -0.3 is 4.90 Å². The van der Waals surface area contributed by atoms with Crippen LogP contribution in [0, 0.1) is 0 Å². The second kappa shape index (κ2) is 13.0. The molecule has 0 spiro atoms. The van der Waals surface area contributed by atoms with Crippen molar-refractivity contribution in [3.05, 3.63) is 54.1 Å². The predicted octanol–water partition coefficient (Wildman–Crippen LogP) is 6.00. The molecule has 3 rings (SSSR count). The van der Waals surface area contributed by atoms with Gasteiger partial charge in [-0.05, 0) is 30.5 Å². The maximum atomic E-state index is 12.1. The Labute approximate surface area is 151 Å². The third-order valence-electron chi connectivity index (χ3n) is 3.54. The Morgan fingerprint density at radius 2 is 1.54 bits per heavy atom. The zero-order valence-corrected chi connectivity index (χ0v) is 17.3. The molecule has 1 heterocycles. The lowest BCUT2D eigenvalue weighted by molar-refractivity contribution is -0.122. The molecule has 1 fully saturated rings. The van der Waals surface area contributed by atoms with E-state index in [1.807, 2.05) is 76.8 Å². The van der Waals surface area contributed by atoms with E-state index in [9.17, 15) is 4.79 Å². The van der Waals surface area contributed by atoms with Crippen molar-refractivity contribution >= 4 is 20.8 Å². The average Bonchev–Trinajstić information content (AvgIpc) is 2.71. The number of amides is 1. The monoisotopic (exact) mass is 347 g/mol. The third kappa shape index (κ3) is 5.31. The largest absolute Gasteiger partial charge is 0.303 e. The van der Waals surface area contributed by atoms with Crippen LogP contribution in [0.3, 0.4) is 0 Å². The van der Waals surface area contributed by atoms with Gasteiger partial charge in [-0.15, -0.1) is 9.24 Å². The number of carbonyl (C=O) groups is 1. The van der Waals surface area contributed by atoms with Gasteiger partial charge in [0.2, 0.25) is 5.91 Å². The van der Waals surface area contributed by atoms with Crippen molar-refractivity contribution in [1.82, 2.24) is 0 Å². The van der Waals surface area contributed by atoms with E-state index in [1.54, 1.807) is 0 Å². The maximum Gasteiger partial charge on any atom is 0.236 e. The number of allylic oxidation sites excluding steroid dienone is 2. The number of anilines is 1. The van der Waals surface area contributed by atoms with Gasteiger partial charge in [0.25, 0.3) is 0 Å². The first kappa shape index (κ1) is 22.6. The topological polar surface area (TPSA) is 20.3 Å². The van der Waals surface area contributed by atoms with Gasteiger partial charge in [-0.25, -0.2) is 0 Å². The summed E-state index contributed by atoms with van der Waals surface area (Å²) in [5.41, 5.74) is 2.27. The fourth-order valence-corrected chi connectivity index (χ4v) is 3.15. The van der Waals surface area contributed by atoms with E-state index in [2.05, 4.69) is 27.5 Å². The number of β-lactam (4-membered cyclic amide) rings is 1. The minimum atomic E-state index is 0.0132. The highest BCUT2D eigenvalue weighted by Gasteiger charge is 2.46. The SMILES string of the molecule is CC.CC.CC.O=C1C(P)C(C2=CCCC=C2)N1c1ccccc1. The second-order valence-electron chi connectivity index (χ2n) is 4.70. The number of rotatable bonds is 2. The molecule has 1 saturated heterocycles. The first-order valence-corrected chi connectivity index (χ1v) is 9.96. The maximum absolute atomic E-state index is 12.1. The lowest BCUT2D eigenvalue weighted by atomic mass is 9.89. The summed E-state index contributed by atoms with van der Waals surface area (Å²) in [5, 5.41) is 0. The van der Waals surface area contributed by atoms with Crippen LogP contribution >= 0.6 is 9.24 Å². The quantitative estimate of drug-likeness (QED) is 0.474. The van der Waals surface area contributed by atoms with Gasteiger partial charge in [0, 0.05) is 5.69 Å². The van der Waals surface area contributed by atoms with Crippen molar-refractivity contribution in [3.63, 3.8) is 0 Å². The molecule has 3 heteroatoms. The van der Waals surface area contributed by atoms with E-state index in [0.717, 1.165) is 18.5 Å². The van der Waals surface area contributed by atoms with Crippen LogP contribution < -0.4 is 4.90 Å². The molecular weight excluding hydrogens is 313 g/mol. The molecule has 3 unspecified atom stereocenters. The molecule has 1 aliphatic heterocycles. The van der Waals surface area contributed by atoms with Gasteiger partial charge >= 0.3 is 0 Å². The fourth-order valence-electron chi connectivity index (χ4n) is 2.60. The van der Waals surface area contributed by atoms with E-state index in [-0.39, 0.29) is 17.6 Å². The first-order chi connectivity index (χ1) is 11.8. The molecule has 24 heavy (non-hydrogen) atoms. The molecule has 2 aliphatic rings. The Balaban J connectivity index is 0.000000798. The Kier molecular flexibility index (Phi) is 12.2. The van der Waals surface area contributed by atoms with Crippen LogP contribution in [0.1, 0.15) is 54.4 Å². The molecule has 1 aromatic carbocycles. The zero-order chi connectivity index (χ0) is 18.5. The lowest BCUT2D eigenvalue weighted by Gasteiger charge is -2.46. The molecule has 0 aromatic heterocycles. The highest BCUT2D eigenvalue weighted by Crippen LogP contribution is 2.37. The van der Waals surface area contributed by atoms with Gasteiger partial charge in [-0.2, -0.15) is 0 Å². The summed E-state index contributed by atoms with van der Waals surface area (Å²) < 4.78 is 0. The van der Waals surface area contributed by atoms with Crippen LogP contribution in [0.25, 0.3) is 0 Å². The molecule has 0 radical (unpaired) electrons. The molecular formula is C21H34NOP. The Hall–Kier alpha value is -1.40. The average molecular weight is 347 g/mol. The lowest BCUT2D eigenvalue weighted by Crippen LogP contribution is -2.63. The summed E-state index contributed by atoms with van der Waals surface area (Å²) in [7, 11) is 2.68. The zero-order valence-electron chi connectivity index (χ0n) is 16.1. The minimum Gasteiger partial charge on any atom is -0.303 e. The molecule has 3 atom stereocenters. The molecule has 2 nitrogen and oxygen atoms in total. The smallest absolute Gasteiger partial charge is 0.236 e. The molecule has 134 valence electrons. The summed E-state index contributed by atoms with van der Waals surface area (Å²) in [6, 6.07) is 10.1.